The number of benzene rings is 2. The minimum atomic E-state index is -4.79. The Morgan fingerprint density at radius 3 is 2.66 bits per heavy atom. The first-order chi connectivity index (χ1) is 18.2. The largest absolute Gasteiger partial charge is 0.419 e. The number of nitrogens with one attached hydrogen (secondary N) is 1. The third-order valence-electron chi connectivity index (χ3n) is 6.54. The fourth-order valence-electron chi connectivity index (χ4n) is 4.55. The second-order valence-electron chi connectivity index (χ2n) is 9.02. The molecule has 1 N–H and O–H groups in total. The standard InChI is InChI=1S/C26H24F4N6OS/c1-38-19-7-4-16(5-8-19)12-31-25(37)17-3-2-10-35(13-17)24-20-14-36(34-23(20)32-15-33-24)18-6-9-21(22(27)11-18)26(28,29)30/h4-9,11,14-15,17H,2-3,10,12-13H2,1H3,(H,31,37). The van der Waals surface area contributed by atoms with E-state index in [1.165, 1.54) is 11.0 Å². The number of halogens is 4. The number of hydrogen-bond acceptors (Lipinski definition) is 6. The van der Waals surface area contributed by atoms with Crippen LogP contribution in [0, 0.1) is 11.7 Å². The molecule has 3 heterocycles. The monoisotopic (exact) mass is 544 g/mol. The van der Waals surface area contributed by atoms with Crippen molar-refractivity contribution < 1.29 is 22.4 Å². The number of carbonyl (C=O) groups is 1. The lowest BCUT2D eigenvalue weighted by atomic mass is 9.97. The number of rotatable bonds is 6. The van der Waals surface area contributed by atoms with Crippen molar-refractivity contribution in [2.45, 2.75) is 30.5 Å². The predicted octanol–water partition coefficient (Wildman–Crippen LogP) is 5.23. The number of thioether (sulfide) groups is 1. The topological polar surface area (TPSA) is 75.9 Å². The van der Waals surface area contributed by atoms with Gasteiger partial charge in [-0.2, -0.15) is 13.2 Å². The smallest absolute Gasteiger partial charge is 0.355 e. The number of alkyl halides is 3. The summed E-state index contributed by atoms with van der Waals surface area (Å²) in [7, 11) is 0. The minimum Gasteiger partial charge on any atom is -0.355 e. The summed E-state index contributed by atoms with van der Waals surface area (Å²) in [6, 6.07) is 10.7. The van der Waals surface area contributed by atoms with E-state index in [2.05, 4.69) is 20.4 Å². The fraction of sp³-hybridized carbons (Fsp3) is 0.308. The molecule has 5 rings (SSSR count). The van der Waals surface area contributed by atoms with Gasteiger partial charge in [0.1, 0.15) is 18.0 Å². The summed E-state index contributed by atoms with van der Waals surface area (Å²) in [5.74, 6) is -1.09. The van der Waals surface area contributed by atoms with Crippen LogP contribution >= 0.6 is 11.8 Å². The SMILES string of the molecule is CSc1ccc(CNC(=O)C2CCCN(c3ncnc4nn(-c5ccc(C(F)(F)F)c(F)c5)cc34)C2)cc1. The average molecular weight is 545 g/mol. The second-order valence-corrected chi connectivity index (χ2v) is 9.90. The Bertz CT molecular complexity index is 1460. The van der Waals surface area contributed by atoms with E-state index in [0.717, 1.165) is 35.4 Å². The molecule has 1 fully saturated rings. The second kappa shape index (κ2) is 10.6. The average Bonchev–Trinajstić information content (AvgIpc) is 3.36. The molecule has 0 spiro atoms. The van der Waals surface area contributed by atoms with Crippen molar-refractivity contribution in [3.8, 4) is 5.69 Å². The summed E-state index contributed by atoms with van der Waals surface area (Å²) in [4.78, 5) is 24.7. The lowest BCUT2D eigenvalue weighted by Gasteiger charge is -2.33. The summed E-state index contributed by atoms with van der Waals surface area (Å²) in [5.41, 5.74) is 0.123. The van der Waals surface area contributed by atoms with Gasteiger partial charge >= 0.3 is 6.18 Å². The van der Waals surface area contributed by atoms with Crippen LogP contribution in [0.4, 0.5) is 23.4 Å². The molecule has 1 amide bonds. The van der Waals surface area contributed by atoms with E-state index in [0.29, 0.717) is 42.6 Å². The summed E-state index contributed by atoms with van der Waals surface area (Å²) < 4.78 is 54.3. The molecule has 1 aliphatic heterocycles. The zero-order valence-electron chi connectivity index (χ0n) is 20.4. The van der Waals surface area contributed by atoms with Crippen molar-refractivity contribution in [1.29, 1.82) is 0 Å². The highest BCUT2D eigenvalue weighted by Gasteiger charge is 2.34. The summed E-state index contributed by atoms with van der Waals surface area (Å²) in [5, 5.41) is 7.89. The third kappa shape index (κ3) is 5.45. The van der Waals surface area contributed by atoms with Crippen LogP contribution in [0.5, 0.6) is 0 Å². The molecule has 1 aliphatic rings. The molecule has 0 bridgehead atoms. The highest BCUT2D eigenvalue weighted by atomic mass is 32.2. The van der Waals surface area contributed by atoms with Crippen LogP contribution in [-0.2, 0) is 17.5 Å². The van der Waals surface area contributed by atoms with Crippen LogP contribution in [0.2, 0.25) is 0 Å². The van der Waals surface area contributed by atoms with Gasteiger partial charge in [0.05, 0.1) is 22.6 Å². The van der Waals surface area contributed by atoms with Gasteiger partial charge in [-0.15, -0.1) is 16.9 Å². The van der Waals surface area contributed by atoms with Crippen molar-refractivity contribution in [3.05, 3.63) is 71.9 Å². The van der Waals surface area contributed by atoms with Gasteiger partial charge in [0.15, 0.2) is 5.65 Å². The Kier molecular flexibility index (Phi) is 7.24. The molecule has 38 heavy (non-hydrogen) atoms. The van der Waals surface area contributed by atoms with E-state index in [1.807, 2.05) is 35.4 Å². The number of aromatic nitrogens is 4. The van der Waals surface area contributed by atoms with Crippen molar-refractivity contribution in [1.82, 2.24) is 25.1 Å². The molecule has 0 radical (unpaired) electrons. The van der Waals surface area contributed by atoms with E-state index in [4.69, 9.17) is 0 Å². The van der Waals surface area contributed by atoms with Gasteiger partial charge < -0.3 is 10.2 Å². The number of carbonyl (C=O) groups excluding carboxylic acids is 1. The summed E-state index contributed by atoms with van der Waals surface area (Å²) >= 11 is 1.66. The maximum absolute atomic E-state index is 14.1. The molecule has 1 atom stereocenters. The van der Waals surface area contributed by atoms with Crippen LogP contribution in [0.3, 0.4) is 0 Å². The highest BCUT2D eigenvalue weighted by molar-refractivity contribution is 7.98. The van der Waals surface area contributed by atoms with E-state index >= 15 is 0 Å². The van der Waals surface area contributed by atoms with Crippen LogP contribution < -0.4 is 10.2 Å². The first-order valence-corrected chi connectivity index (χ1v) is 13.2. The first-order valence-electron chi connectivity index (χ1n) is 12.0. The van der Waals surface area contributed by atoms with Gasteiger partial charge in [0.2, 0.25) is 5.91 Å². The van der Waals surface area contributed by atoms with E-state index in [9.17, 15) is 22.4 Å². The van der Waals surface area contributed by atoms with Crippen LogP contribution in [0.1, 0.15) is 24.0 Å². The number of piperidine rings is 1. The highest BCUT2D eigenvalue weighted by Crippen LogP contribution is 2.33. The Balaban J connectivity index is 1.32. The van der Waals surface area contributed by atoms with Crippen molar-refractivity contribution >= 4 is 34.5 Å². The molecule has 198 valence electrons. The van der Waals surface area contributed by atoms with Gasteiger partial charge in [0, 0.05) is 36.8 Å². The summed E-state index contributed by atoms with van der Waals surface area (Å²) in [6.45, 7) is 1.56. The molecule has 1 saturated heterocycles. The number of anilines is 1. The molecule has 0 aliphatic carbocycles. The van der Waals surface area contributed by atoms with Crippen molar-refractivity contribution in [3.63, 3.8) is 0 Å². The zero-order chi connectivity index (χ0) is 26.9. The van der Waals surface area contributed by atoms with E-state index in [1.54, 1.807) is 18.0 Å². The molecule has 4 aromatic rings. The third-order valence-corrected chi connectivity index (χ3v) is 7.28. The number of amides is 1. The van der Waals surface area contributed by atoms with Crippen molar-refractivity contribution in [2.24, 2.45) is 5.92 Å². The van der Waals surface area contributed by atoms with Gasteiger partial charge in [0.25, 0.3) is 0 Å². The minimum absolute atomic E-state index is 0.0372. The Hall–Kier alpha value is -3.67. The van der Waals surface area contributed by atoms with Crippen LogP contribution in [0.25, 0.3) is 16.7 Å². The van der Waals surface area contributed by atoms with E-state index in [-0.39, 0.29) is 17.5 Å². The molecule has 2 aromatic heterocycles. The van der Waals surface area contributed by atoms with Crippen LogP contribution in [-0.4, -0.2) is 45.0 Å². The maximum Gasteiger partial charge on any atom is 0.419 e. The number of fused-ring (bicyclic) bond motifs is 1. The normalized spacial score (nSPS) is 16.1. The lowest BCUT2D eigenvalue weighted by molar-refractivity contribution is -0.140. The molecule has 1 unspecified atom stereocenters. The molecular formula is C26H24F4N6OS. The quantitative estimate of drug-likeness (QED) is 0.265. The Labute approximate surface area is 220 Å². The van der Waals surface area contributed by atoms with E-state index < -0.39 is 17.6 Å². The van der Waals surface area contributed by atoms with Gasteiger partial charge in [-0.05, 0) is 48.9 Å². The van der Waals surface area contributed by atoms with Gasteiger partial charge in [-0.1, -0.05) is 12.1 Å². The lowest BCUT2D eigenvalue weighted by Crippen LogP contribution is -2.43. The van der Waals surface area contributed by atoms with Crippen LogP contribution in [0.15, 0.2) is 59.9 Å². The Morgan fingerprint density at radius 2 is 1.95 bits per heavy atom. The number of hydrogen-bond donors (Lipinski definition) is 1. The molecule has 0 saturated carbocycles. The molecule has 7 nitrogen and oxygen atoms in total. The fourth-order valence-corrected chi connectivity index (χ4v) is 4.96. The molecule has 2 aromatic carbocycles. The predicted molar refractivity (Wildman–Crippen MR) is 137 cm³/mol. The maximum atomic E-state index is 14.1. The van der Waals surface area contributed by atoms with Gasteiger partial charge in [-0.25, -0.2) is 19.0 Å². The van der Waals surface area contributed by atoms with Crippen molar-refractivity contribution in [2.75, 3.05) is 24.2 Å². The number of nitrogens with zero attached hydrogens (tertiary/aromatic N) is 5. The summed E-state index contributed by atoms with van der Waals surface area (Å²) in [6.07, 6.45) is 1.66. The molecule has 12 heteroatoms. The Morgan fingerprint density at radius 1 is 1.16 bits per heavy atom. The zero-order valence-corrected chi connectivity index (χ0v) is 21.2. The van der Waals surface area contributed by atoms with Gasteiger partial charge in [-0.3, -0.25) is 4.79 Å². The molecular weight excluding hydrogens is 520 g/mol. The first kappa shape index (κ1) is 26.0.